The van der Waals surface area contributed by atoms with Gasteiger partial charge in [-0.15, -0.1) is 0 Å². The lowest BCUT2D eigenvalue weighted by atomic mass is 10.1. The molecule has 0 saturated carbocycles. The van der Waals surface area contributed by atoms with Crippen LogP contribution < -0.4 is 10.9 Å². The van der Waals surface area contributed by atoms with Crippen LogP contribution in [0.25, 0.3) is 0 Å². The van der Waals surface area contributed by atoms with E-state index >= 15 is 0 Å². The van der Waals surface area contributed by atoms with Gasteiger partial charge in [0.2, 0.25) is 12.1 Å². The molecule has 2 N–H and O–H groups in total. The minimum Gasteiger partial charge on any atom is -0.270 e. The summed E-state index contributed by atoms with van der Waals surface area (Å²) in [6.45, 7) is 0. The molecule has 0 aliphatic carbocycles. The van der Waals surface area contributed by atoms with Crippen molar-refractivity contribution in [2.24, 2.45) is 20.2 Å². The van der Waals surface area contributed by atoms with Crippen molar-refractivity contribution in [2.75, 3.05) is 0 Å². The van der Waals surface area contributed by atoms with Gasteiger partial charge in [-0.1, -0.05) is 72.1 Å². The highest BCUT2D eigenvalue weighted by Crippen LogP contribution is 2.40. The Morgan fingerprint density at radius 2 is 1.00 bits per heavy atom. The summed E-state index contributed by atoms with van der Waals surface area (Å²) in [5.74, 6) is 0.178. The topological polar surface area (TPSA) is 140 Å². The van der Waals surface area contributed by atoms with Crippen LogP contribution in [0.1, 0.15) is 36.3 Å². The molecule has 4 aromatic rings. The Morgan fingerprint density at radius 1 is 0.583 bits per heavy atom. The van der Waals surface area contributed by atoms with Gasteiger partial charge in [0.15, 0.2) is 11.7 Å². The fourth-order valence-electron chi connectivity index (χ4n) is 6.07. The lowest BCUT2D eigenvalue weighted by Gasteiger charge is -2.35. The van der Waals surface area contributed by atoms with Crippen LogP contribution in [0, 0.1) is 0 Å². The summed E-state index contributed by atoms with van der Waals surface area (Å²) in [5.41, 5.74) is 7.56. The van der Waals surface area contributed by atoms with Gasteiger partial charge in [-0.3, -0.25) is 50.4 Å². The fraction of sp³-hybridized carbons (Fsp3) is 0.235. The van der Waals surface area contributed by atoms with Gasteiger partial charge in [-0.25, -0.2) is 0 Å². The number of hydrogen-bond donors (Lipinski definition) is 2. The van der Waals surface area contributed by atoms with E-state index in [0.29, 0.717) is 24.5 Å². The molecular formula is C34H30N10O2S2. The first kappa shape index (κ1) is 30.3. The first-order valence-electron chi connectivity index (χ1n) is 15.6. The number of fused-ring (bicyclic) bond motifs is 2. The minimum atomic E-state index is -1.04. The third-order valence-corrected chi connectivity index (χ3v) is 10.8. The molecule has 48 heavy (non-hydrogen) atoms. The molecule has 6 unspecified atom stereocenters. The normalized spacial score (nSPS) is 26.4. The van der Waals surface area contributed by atoms with Crippen LogP contribution in [0.3, 0.4) is 0 Å². The summed E-state index contributed by atoms with van der Waals surface area (Å²) in [7, 11) is 0. The van der Waals surface area contributed by atoms with Crippen molar-refractivity contribution in [2.45, 2.75) is 57.5 Å². The van der Waals surface area contributed by atoms with Crippen molar-refractivity contribution in [1.82, 2.24) is 30.8 Å². The third kappa shape index (κ3) is 6.04. The van der Waals surface area contributed by atoms with E-state index in [-0.39, 0.29) is 34.6 Å². The lowest BCUT2D eigenvalue weighted by molar-refractivity contribution is -0.123. The number of thioether (sulfide) groups is 2. The number of amides is 2. The van der Waals surface area contributed by atoms with Crippen molar-refractivity contribution in [1.29, 1.82) is 0 Å². The van der Waals surface area contributed by atoms with Crippen molar-refractivity contribution in [3.8, 4) is 0 Å². The Morgan fingerprint density at radius 3 is 1.40 bits per heavy atom. The first-order valence-corrected chi connectivity index (χ1v) is 17.4. The molecule has 8 rings (SSSR count). The van der Waals surface area contributed by atoms with Crippen LogP contribution in [0.5, 0.6) is 0 Å². The van der Waals surface area contributed by atoms with E-state index in [1.54, 1.807) is 45.9 Å². The second-order valence-electron chi connectivity index (χ2n) is 11.5. The average Bonchev–Trinajstić information content (AvgIpc) is 3.63. The van der Waals surface area contributed by atoms with Crippen LogP contribution in [0.4, 0.5) is 0 Å². The Kier molecular flexibility index (Phi) is 8.32. The van der Waals surface area contributed by atoms with Crippen molar-refractivity contribution in [3.05, 3.63) is 121 Å². The fourth-order valence-corrected chi connectivity index (χ4v) is 8.42. The number of hydrogen-bond acceptors (Lipinski definition) is 12. The number of carbonyl (C=O) groups is 2. The number of rotatable bonds is 8. The number of nitrogens with one attached hydrogen (secondary N) is 2. The zero-order chi connectivity index (χ0) is 32.5. The number of aromatic nitrogens is 2. The first-order chi connectivity index (χ1) is 23.6. The number of amidine groups is 2. The van der Waals surface area contributed by atoms with Gasteiger partial charge in [-0.05, 0) is 48.5 Å². The largest absolute Gasteiger partial charge is 0.273 e. The average molecular weight is 675 g/mol. The molecule has 6 heterocycles. The van der Waals surface area contributed by atoms with Crippen LogP contribution in [-0.4, -0.2) is 66.3 Å². The number of azo groups is 1. The molecule has 12 nitrogen and oxygen atoms in total. The molecule has 2 fully saturated rings. The van der Waals surface area contributed by atoms with Crippen LogP contribution >= 0.6 is 23.5 Å². The molecule has 2 amide bonds. The van der Waals surface area contributed by atoms with E-state index < -0.39 is 12.1 Å². The summed E-state index contributed by atoms with van der Waals surface area (Å²) in [5, 5.41) is 12.2. The van der Waals surface area contributed by atoms with Crippen molar-refractivity contribution < 1.29 is 9.59 Å². The van der Waals surface area contributed by atoms with Crippen LogP contribution in [0.2, 0.25) is 0 Å². The summed E-state index contributed by atoms with van der Waals surface area (Å²) in [6, 6.07) is 28.9. The summed E-state index contributed by atoms with van der Waals surface area (Å²) < 4.78 is 0. The molecule has 0 radical (unpaired) electrons. The van der Waals surface area contributed by atoms with E-state index in [0.717, 1.165) is 21.2 Å². The van der Waals surface area contributed by atoms with E-state index in [1.807, 2.05) is 97.1 Å². The maximum Gasteiger partial charge on any atom is 0.273 e. The maximum atomic E-state index is 13.5. The number of nitrogens with zero attached hydrogens (tertiary/aromatic N) is 8. The molecular weight excluding hydrogens is 645 g/mol. The molecule has 0 bridgehead atoms. The Balaban J connectivity index is 1.11. The Labute approximate surface area is 285 Å². The zero-order valence-corrected chi connectivity index (χ0v) is 27.1. The van der Waals surface area contributed by atoms with Crippen LogP contribution in [-0.2, 0) is 9.59 Å². The number of hydrazine groups is 2. The van der Waals surface area contributed by atoms with E-state index in [9.17, 15) is 9.59 Å². The van der Waals surface area contributed by atoms with E-state index in [4.69, 9.17) is 9.98 Å². The minimum absolute atomic E-state index is 0.168. The summed E-state index contributed by atoms with van der Waals surface area (Å²) in [4.78, 5) is 48.1. The zero-order valence-electron chi connectivity index (χ0n) is 25.5. The Hall–Kier alpha value is -5.08. The predicted octanol–water partition coefficient (Wildman–Crippen LogP) is 4.98. The highest BCUT2D eigenvalue weighted by molar-refractivity contribution is 8.00. The summed E-state index contributed by atoms with van der Waals surface area (Å²) in [6.07, 6.45) is 4.73. The van der Waals surface area contributed by atoms with Gasteiger partial charge in [0.05, 0.1) is 23.5 Å². The van der Waals surface area contributed by atoms with Gasteiger partial charge in [-0.2, -0.15) is 10.2 Å². The molecule has 4 aliphatic rings. The lowest BCUT2D eigenvalue weighted by Crippen LogP contribution is -2.46. The molecule has 14 heteroatoms. The van der Waals surface area contributed by atoms with Gasteiger partial charge in [0.1, 0.15) is 10.7 Å². The molecule has 2 saturated heterocycles. The molecule has 6 atom stereocenters. The Bertz CT molecular complexity index is 1740. The van der Waals surface area contributed by atoms with E-state index in [1.165, 1.54) is 0 Å². The summed E-state index contributed by atoms with van der Waals surface area (Å²) >= 11 is 3.27. The van der Waals surface area contributed by atoms with Gasteiger partial charge in [0.25, 0.3) is 11.8 Å². The van der Waals surface area contributed by atoms with Crippen LogP contribution in [0.15, 0.2) is 139 Å². The second kappa shape index (κ2) is 13.2. The molecule has 4 aliphatic heterocycles. The standard InChI is InChI=1S/C34H30N10O2S2/c45-33-29(31-37-25(23-15-7-9-17-35-23)19-27(43(31)41-33)47-21-11-3-1-4-12-21)39-40-30-32-38-26(24-16-8-10-18-36-24)20-28(44(32)42-34(30)46)48-22-13-5-2-6-14-22/h1-18,25-30H,19-20H2,(H,41,45)(H,42,46). The van der Waals surface area contributed by atoms with Crippen molar-refractivity contribution >= 4 is 47.0 Å². The van der Waals surface area contributed by atoms with Gasteiger partial charge < -0.3 is 0 Å². The number of pyridine rings is 2. The van der Waals surface area contributed by atoms with Crippen molar-refractivity contribution in [3.63, 3.8) is 0 Å². The second-order valence-corrected chi connectivity index (χ2v) is 14.0. The van der Waals surface area contributed by atoms with E-state index in [2.05, 4.69) is 31.0 Å². The van der Waals surface area contributed by atoms with Gasteiger partial charge >= 0.3 is 0 Å². The number of carbonyl (C=O) groups excluding carboxylic acids is 2. The smallest absolute Gasteiger partial charge is 0.270 e. The monoisotopic (exact) mass is 674 g/mol. The molecule has 0 spiro atoms. The molecule has 240 valence electrons. The van der Waals surface area contributed by atoms with Gasteiger partial charge in [0, 0.05) is 35.0 Å². The quantitative estimate of drug-likeness (QED) is 0.250. The maximum absolute atomic E-state index is 13.5. The number of benzene rings is 2. The SMILES string of the molecule is O=C1NN2C(=NC(c3ccccn3)CC2Sc2ccccc2)C1N=NC1C(=O)NN2C1=NC(c1ccccn1)CC2Sc1ccccc1. The molecule has 2 aromatic heterocycles. The highest BCUT2D eigenvalue weighted by atomic mass is 32.2. The highest BCUT2D eigenvalue weighted by Gasteiger charge is 2.48. The number of aliphatic imine (C=N–C) groups is 2. The molecule has 2 aromatic carbocycles. The third-order valence-electron chi connectivity index (χ3n) is 8.33. The predicted molar refractivity (Wildman–Crippen MR) is 183 cm³/mol.